The van der Waals surface area contributed by atoms with E-state index < -0.39 is 0 Å². The minimum absolute atomic E-state index is 0.181. The molecule has 1 amide bonds. The van der Waals surface area contributed by atoms with E-state index in [1.807, 2.05) is 24.3 Å². The average molecular weight is 349 g/mol. The topological polar surface area (TPSA) is 64.5 Å². The molecule has 3 aromatic rings. The number of rotatable bonds is 6. The fraction of sp³-hybridized carbons (Fsp3) is 0.150. The second-order valence-electron chi connectivity index (χ2n) is 5.66. The minimum Gasteiger partial charge on any atom is -0.497 e. The molecule has 2 heterocycles. The fourth-order valence-electron chi connectivity index (χ4n) is 2.48. The number of carbonyl (C=O) groups excluding carboxylic acids is 1. The summed E-state index contributed by atoms with van der Waals surface area (Å²) in [5.74, 6) is 1.35. The monoisotopic (exact) mass is 349 g/mol. The zero-order chi connectivity index (χ0) is 18.4. The van der Waals surface area contributed by atoms with E-state index in [-0.39, 0.29) is 11.8 Å². The molecule has 3 rings (SSSR count). The Labute approximate surface area is 152 Å². The van der Waals surface area contributed by atoms with Gasteiger partial charge in [0.25, 0.3) is 5.91 Å². The molecule has 0 bridgehead atoms. The summed E-state index contributed by atoms with van der Waals surface area (Å²) < 4.78 is 11.0. The van der Waals surface area contributed by atoms with Gasteiger partial charge in [0.2, 0.25) is 5.88 Å². The number of carbonyl (C=O) groups is 1. The van der Waals surface area contributed by atoms with Gasteiger partial charge < -0.3 is 14.4 Å². The quantitative estimate of drug-likeness (QED) is 0.681. The molecule has 0 aliphatic rings. The molecule has 0 N–H and O–H groups in total. The highest BCUT2D eigenvalue weighted by atomic mass is 16.5. The van der Waals surface area contributed by atoms with Crippen LogP contribution in [0.25, 0.3) is 0 Å². The lowest BCUT2D eigenvalue weighted by atomic mass is 10.2. The number of methoxy groups -OCH3 is 1. The number of benzene rings is 1. The van der Waals surface area contributed by atoms with Crippen molar-refractivity contribution in [2.24, 2.45) is 0 Å². The lowest BCUT2D eigenvalue weighted by Crippen LogP contribution is -2.26. The van der Waals surface area contributed by atoms with E-state index in [1.54, 1.807) is 61.9 Å². The Morgan fingerprint density at radius 2 is 1.88 bits per heavy atom. The van der Waals surface area contributed by atoms with Gasteiger partial charge in [-0.2, -0.15) is 0 Å². The third kappa shape index (κ3) is 4.16. The molecule has 0 saturated heterocycles. The van der Waals surface area contributed by atoms with Crippen LogP contribution in [0.1, 0.15) is 15.9 Å². The van der Waals surface area contributed by atoms with Crippen molar-refractivity contribution < 1.29 is 14.3 Å². The molecule has 1 aromatic carbocycles. The van der Waals surface area contributed by atoms with E-state index in [9.17, 15) is 4.79 Å². The molecule has 0 atom stereocenters. The summed E-state index contributed by atoms with van der Waals surface area (Å²) in [6.07, 6.45) is 4.81. The summed E-state index contributed by atoms with van der Waals surface area (Å²) >= 11 is 0. The van der Waals surface area contributed by atoms with Crippen molar-refractivity contribution in [2.45, 2.75) is 6.54 Å². The van der Waals surface area contributed by atoms with Gasteiger partial charge in [0.15, 0.2) is 0 Å². The first-order valence-electron chi connectivity index (χ1n) is 8.08. The van der Waals surface area contributed by atoms with Crippen molar-refractivity contribution in [3.05, 3.63) is 78.2 Å². The van der Waals surface area contributed by atoms with Crippen molar-refractivity contribution in [3.8, 4) is 17.4 Å². The SMILES string of the molecule is COc1cccc(CN(C)C(=O)c2cccnc2Oc2cccnc2)c1. The number of hydrogen-bond acceptors (Lipinski definition) is 5. The number of amides is 1. The third-order valence-corrected chi connectivity index (χ3v) is 3.75. The Kier molecular flexibility index (Phi) is 5.43. The van der Waals surface area contributed by atoms with Crippen molar-refractivity contribution in [3.63, 3.8) is 0 Å². The van der Waals surface area contributed by atoms with E-state index in [0.717, 1.165) is 11.3 Å². The maximum atomic E-state index is 12.9. The zero-order valence-corrected chi connectivity index (χ0v) is 14.6. The Hall–Kier alpha value is -3.41. The highest BCUT2D eigenvalue weighted by Gasteiger charge is 2.18. The molecule has 0 fully saturated rings. The van der Waals surface area contributed by atoms with Crippen molar-refractivity contribution in [2.75, 3.05) is 14.2 Å². The van der Waals surface area contributed by atoms with Gasteiger partial charge in [0, 0.05) is 26.0 Å². The number of ether oxygens (including phenoxy) is 2. The van der Waals surface area contributed by atoms with Gasteiger partial charge >= 0.3 is 0 Å². The molecule has 0 aliphatic heterocycles. The first-order chi connectivity index (χ1) is 12.7. The van der Waals surface area contributed by atoms with Gasteiger partial charge in [-0.25, -0.2) is 4.98 Å². The molecule has 2 aromatic heterocycles. The van der Waals surface area contributed by atoms with Gasteiger partial charge in [-0.15, -0.1) is 0 Å². The molecule has 0 spiro atoms. The molecule has 0 aliphatic carbocycles. The van der Waals surface area contributed by atoms with Gasteiger partial charge in [-0.1, -0.05) is 12.1 Å². The van der Waals surface area contributed by atoms with Crippen LogP contribution >= 0.6 is 0 Å². The molecule has 26 heavy (non-hydrogen) atoms. The lowest BCUT2D eigenvalue weighted by Gasteiger charge is -2.19. The normalized spacial score (nSPS) is 10.2. The Balaban J connectivity index is 1.78. The van der Waals surface area contributed by atoms with Crippen LogP contribution in [-0.2, 0) is 6.54 Å². The lowest BCUT2D eigenvalue weighted by molar-refractivity contribution is 0.0781. The largest absolute Gasteiger partial charge is 0.497 e. The molecule has 0 unspecified atom stereocenters. The first-order valence-corrected chi connectivity index (χ1v) is 8.08. The summed E-state index contributed by atoms with van der Waals surface area (Å²) in [6.45, 7) is 0.442. The highest BCUT2D eigenvalue weighted by Crippen LogP contribution is 2.23. The number of aromatic nitrogens is 2. The van der Waals surface area contributed by atoms with Gasteiger partial charge in [0.05, 0.1) is 13.3 Å². The summed E-state index contributed by atoms with van der Waals surface area (Å²) in [5, 5.41) is 0. The number of nitrogens with zero attached hydrogens (tertiary/aromatic N) is 3. The summed E-state index contributed by atoms with van der Waals surface area (Å²) in [5.41, 5.74) is 1.36. The maximum absolute atomic E-state index is 12.9. The van der Waals surface area contributed by atoms with Crippen molar-refractivity contribution in [1.82, 2.24) is 14.9 Å². The molecule has 6 nitrogen and oxygen atoms in total. The second kappa shape index (κ2) is 8.11. The van der Waals surface area contributed by atoms with Gasteiger partial charge in [0.1, 0.15) is 17.1 Å². The van der Waals surface area contributed by atoms with E-state index in [2.05, 4.69) is 9.97 Å². The fourth-order valence-corrected chi connectivity index (χ4v) is 2.48. The maximum Gasteiger partial charge on any atom is 0.259 e. The Bertz CT molecular complexity index is 884. The van der Waals surface area contributed by atoms with E-state index in [0.29, 0.717) is 17.9 Å². The van der Waals surface area contributed by atoms with Gasteiger partial charge in [-0.05, 0) is 42.0 Å². The van der Waals surface area contributed by atoms with Crippen LogP contribution in [-0.4, -0.2) is 34.9 Å². The summed E-state index contributed by atoms with van der Waals surface area (Å²) in [7, 11) is 3.36. The van der Waals surface area contributed by atoms with E-state index in [4.69, 9.17) is 9.47 Å². The van der Waals surface area contributed by atoms with Crippen LogP contribution in [0.5, 0.6) is 17.4 Å². The van der Waals surface area contributed by atoms with Gasteiger partial charge in [-0.3, -0.25) is 9.78 Å². The summed E-state index contributed by atoms with van der Waals surface area (Å²) in [6, 6.07) is 14.5. The van der Waals surface area contributed by atoms with Crippen LogP contribution in [0.4, 0.5) is 0 Å². The molecule has 0 saturated carbocycles. The Morgan fingerprint density at radius 1 is 1.08 bits per heavy atom. The van der Waals surface area contributed by atoms with E-state index >= 15 is 0 Å². The standard InChI is InChI=1S/C20H19N3O3/c1-23(14-15-6-3-7-16(12-15)25-2)20(24)18-9-5-11-22-19(18)26-17-8-4-10-21-13-17/h3-13H,14H2,1-2H3. The zero-order valence-electron chi connectivity index (χ0n) is 14.6. The van der Waals surface area contributed by atoms with Crippen LogP contribution in [0.15, 0.2) is 67.1 Å². The van der Waals surface area contributed by atoms with E-state index in [1.165, 1.54) is 0 Å². The van der Waals surface area contributed by atoms with Crippen molar-refractivity contribution in [1.29, 1.82) is 0 Å². The average Bonchev–Trinajstić information content (AvgIpc) is 2.69. The third-order valence-electron chi connectivity index (χ3n) is 3.75. The summed E-state index contributed by atoms with van der Waals surface area (Å²) in [4.78, 5) is 22.7. The molecule has 132 valence electrons. The number of hydrogen-bond donors (Lipinski definition) is 0. The number of pyridine rings is 2. The second-order valence-corrected chi connectivity index (χ2v) is 5.66. The van der Waals surface area contributed by atoms with Crippen molar-refractivity contribution >= 4 is 5.91 Å². The predicted molar refractivity (Wildman–Crippen MR) is 97.3 cm³/mol. The highest BCUT2D eigenvalue weighted by molar-refractivity contribution is 5.96. The minimum atomic E-state index is -0.181. The molecular formula is C20H19N3O3. The molecule has 0 radical (unpaired) electrons. The Morgan fingerprint density at radius 3 is 2.65 bits per heavy atom. The molecular weight excluding hydrogens is 330 g/mol. The van der Waals surface area contributed by atoms with Crippen LogP contribution < -0.4 is 9.47 Å². The predicted octanol–water partition coefficient (Wildman–Crippen LogP) is 3.55. The van der Waals surface area contributed by atoms with Crippen LogP contribution in [0.3, 0.4) is 0 Å². The van der Waals surface area contributed by atoms with Crippen LogP contribution in [0, 0.1) is 0 Å². The van der Waals surface area contributed by atoms with Crippen LogP contribution in [0.2, 0.25) is 0 Å². The smallest absolute Gasteiger partial charge is 0.259 e. The molecule has 6 heteroatoms. The first kappa shape index (κ1) is 17.4.